The van der Waals surface area contributed by atoms with Crippen LogP contribution in [0.25, 0.3) is 0 Å². The zero-order chi connectivity index (χ0) is 21.4. The summed E-state index contributed by atoms with van der Waals surface area (Å²) in [5.41, 5.74) is 0.870. The van der Waals surface area contributed by atoms with E-state index in [1.807, 2.05) is 6.07 Å². The Bertz CT molecular complexity index is 955. The van der Waals surface area contributed by atoms with Crippen LogP contribution in [-0.4, -0.2) is 58.6 Å². The molecule has 2 heterocycles. The monoisotopic (exact) mass is 434 g/mol. The first-order valence-electron chi connectivity index (χ1n) is 9.85. The number of nitrogens with zero attached hydrogens (tertiary/aromatic N) is 3. The maximum atomic E-state index is 13.5. The van der Waals surface area contributed by atoms with Crippen LogP contribution in [0.15, 0.2) is 58.7 Å². The van der Waals surface area contributed by atoms with E-state index in [0.717, 1.165) is 31.6 Å². The van der Waals surface area contributed by atoms with E-state index in [0.29, 0.717) is 12.5 Å². The molecule has 3 rings (SSSR count). The van der Waals surface area contributed by atoms with Crippen LogP contribution in [0.2, 0.25) is 0 Å². The quantitative estimate of drug-likeness (QED) is 0.346. The number of rotatable bonds is 7. The van der Waals surface area contributed by atoms with Crippen molar-refractivity contribution >= 4 is 21.7 Å². The summed E-state index contributed by atoms with van der Waals surface area (Å²) in [4.78, 5) is 10.3. The molecule has 1 saturated heterocycles. The van der Waals surface area contributed by atoms with E-state index in [4.69, 9.17) is 0 Å². The van der Waals surface area contributed by atoms with Gasteiger partial charge in [-0.3, -0.25) is 9.98 Å². The number of aromatic nitrogens is 1. The number of pyridine rings is 1. The van der Waals surface area contributed by atoms with E-state index in [9.17, 15) is 12.8 Å². The topological polar surface area (TPSA) is 98.7 Å². The summed E-state index contributed by atoms with van der Waals surface area (Å²) < 4.78 is 40.5. The van der Waals surface area contributed by atoms with Crippen molar-refractivity contribution in [3.63, 3.8) is 0 Å². The number of sulfonamides is 1. The van der Waals surface area contributed by atoms with E-state index in [1.165, 1.54) is 24.5 Å². The third-order valence-corrected chi connectivity index (χ3v) is 6.26. The fourth-order valence-electron chi connectivity index (χ4n) is 3.35. The second kappa shape index (κ2) is 10.4. The largest absolute Gasteiger partial charge is 0.369 e. The van der Waals surface area contributed by atoms with Crippen molar-refractivity contribution in [2.45, 2.75) is 23.8 Å². The summed E-state index contributed by atoms with van der Waals surface area (Å²) in [6, 6.07) is 9.84. The average molecular weight is 435 g/mol. The molecule has 1 aromatic carbocycles. The highest BCUT2D eigenvalue weighted by atomic mass is 32.2. The molecule has 8 nitrogen and oxygen atoms in total. The molecule has 0 spiro atoms. The van der Waals surface area contributed by atoms with Crippen molar-refractivity contribution in [3.8, 4) is 0 Å². The fraction of sp³-hybridized carbons (Fsp3) is 0.400. The Balaban J connectivity index is 1.46. The fourth-order valence-corrected chi connectivity index (χ4v) is 4.34. The molecule has 1 fully saturated rings. The molecule has 0 radical (unpaired) electrons. The Hall–Kier alpha value is -2.72. The Labute approximate surface area is 176 Å². The minimum Gasteiger partial charge on any atom is -0.369 e. The molecule has 162 valence electrons. The van der Waals surface area contributed by atoms with Gasteiger partial charge in [0.25, 0.3) is 0 Å². The summed E-state index contributed by atoms with van der Waals surface area (Å²) in [6.45, 7) is 2.19. The van der Waals surface area contributed by atoms with Crippen LogP contribution in [0.1, 0.15) is 12.8 Å². The Morgan fingerprint density at radius 1 is 1.30 bits per heavy atom. The number of nitrogens with one attached hydrogen (secondary N) is 3. The average Bonchev–Trinajstić information content (AvgIpc) is 2.76. The second-order valence-corrected chi connectivity index (χ2v) is 8.76. The van der Waals surface area contributed by atoms with Crippen molar-refractivity contribution in [1.82, 2.24) is 20.3 Å². The van der Waals surface area contributed by atoms with Crippen molar-refractivity contribution < 1.29 is 12.8 Å². The normalized spacial score (nSPS) is 17.6. The zero-order valence-corrected chi connectivity index (χ0v) is 17.7. The highest BCUT2D eigenvalue weighted by Crippen LogP contribution is 2.20. The molecule has 1 aliphatic heterocycles. The van der Waals surface area contributed by atoms with Gasteiger partial charge in [0, 0.05) is 57.3 Å². The number of anilines is 1. The van der Waals surface area contributed by atoms with Crippen LogP contribution < -0.4 is 20.3 Å². The molecule has 0 aliphatic carbocycles. The van der Waals surface area contributed by atoms with Gasteiger partial charge in [-0.2, -0.15) is 0 Å². The van der Waals surface area contributed by atoms with Crippen molar-refractivity contribution in [1.29, 1.82) is 0 Å². The molecule has 0 saturated carbocycles. The molecule has 30 heavy (non-hydrogen) atoms. The molecule has 1 unspecified atom stereocenters. The van der Waals surface area contributed by atoms with Gasteiger partial charge in [0.2, 0.25) is 10.0 Å². The molecule has 0 bridgehead atoms. The van der Waals surface area contributed by atoms with Gasteiger partial charge in [-0.15, -0.1) is 0 Å². The molecule has 3 N–H and O–H groups in total. The molecule has 2 aromatic rings. The predicted octanol–water partition coefficient (Wildman–Crippen LogP) is 1.33. The molecular weight excluding hydrogens is 407 g/mol. The number of guanidine groups is 1. The van der Waals surface area contributed by atoms with Crippen molar-refractivity contribution in [2.75, 3.05) is 38.1 Å². The Morgan fingerprint density at radius 2 is 2.17 bits per heavy atom. The zero-order valence-electron chi connectivity index (χ0n) is 16.9. The van der Waals surface area contributed by atoms with Crippen LogP contribution in [0.3, 0.4) is 0 Å². The van der Waals surface area contributed by atoms with E-state index in [-0.39, 0.29) is 23.3 Å². The molecule has 1 aliphatic rings. The van der Waals surface area contributed by atoms with Crippen molar-refractivity contribution in [2.24, 2.45) is 4.99 Å². The van der Waals surface area contributed by atoms with Gasteiger partial charge >= 0.3 is 0 Å². The second-order valence-electron chi connectivity index (χ2n) is 6.99. The van der Waals surface area contributed by atoms with Crippen LogP contribution in [0.4, 0.5) is 10.1 Å². The minimum absolute atomic E-state index is 0.132. The van der Waals surface area contributed by atoms with Crippen LogP contribution in [0.5, 0.6) is 0 Å². The van der Waals surface area contributed by atoms with E-state index < -0.39 is 10.0 Å². The lowest BCUT2D eigenvalue weighted by molar-refractivity contribution is 0.467. The number of piperidine rings is 1. The Morgan fingerprint density at radius 3 is 2.90 bits per heavy atom. The summed E-state index contributed by atoms with van der Waals surface area (Å²) in [7, 11) is -1.91. The van der Waals surface area contributed by atoms with E-state index in [2.05, 4.69) is 30.2 Å². The van der Waals surface area contributed by atoms with Crippen LogP contribution >= 0.6 is 0 Å². The summed E-state index contributed by atoms with van der Waals surface area (Å²) >= 11 is 0. The Kier molecular flexibility index (Phi) is 7.58. The highest BCUT2D eigenvalue weighted by Gasteiger charge is 2.21. The minimum atomic E-state index is -3.58. The van der Waals surface area contributed by atoms with Crippen LogP contribution in [0, 0.1) is 5.82 Å². The molecule has 10 heteroatoms. The van der Waals surface area contributed by atoms with E-state index >= 15 is 0 Å². The van der Waals surface area contributed by atoms with Gasteiger partial charge in [0.05, 0.1) is 0 Å². The lowest BCUT2D eigenvalue weighted by atomic mass is 10.0. The number of hydrogen-bond acceptors (Lipinski definition) is 5. The third kappa shape index (κ3) is 6.14. The maximum absolute atomic E-state index is 13.5. The first-order chi connectivity index (χ1) is 14.5. The lowest BCUT2D eigenvalue weighted by Gasteiger charge is -2.35. The van der Waals surface area contributed by atoms with Gasteiger partial charge in [-0.1, -0.05) is 6.07 Å². The molecular formula is C20H27FN6O2S. The van der Waals surface area contributed by atoms with Crippen molar-refractivity contribution in [3.05, 3.63) is 54.6 Å². The first-order valence-corrected chi connectivity index (χ1v) is 11.3. The summed E-state index contributed by atoms with van der Waals surface area (Å²) in [5, 5.41) is 6.49. The van der Waals surface area contributed by atoms with Gasteiger partial charge in [0.1, 0.15) is 10.7 Å². The number of halogens is 1. The summed E-state index contributed by atoms with van der Waals surface area (Å²) in [5.74, 6) is 0.357. The van der Waals surface area contributed by atoms with Gasteiger partial charge in [-0.25, -0.2) is 17.5 Å². The smallest absolute Gasteiger partial charge is 0.242 e. The van der Waals surface area contributed by atoms with Gasteiger partial charge in [-0.05, 0) is 43.2 Å². The SMILES string of the molecule is CN=C(NCCNS(=O)(=O)c1cccnc1)NC1CCCN(c2cccc(F)c2)C1. The molecule has 0 amide bonds. The third-order valence-electron chi connectivity index (χ3n) is 4.81. The lowest BCUT2D eigenvalue weighted by Crippen LogP contribution is -2.52. The van der Waals surface area contributed by atoms with E-state index in [1.54, 1.807) is 25.2 Å². The number of aliphatic imine (C=N–C) groups is 1. The number of hydrogen-bond donors (Lipinski definition) is 3. The summed E-state index contributed by atoms with van der Waals surface area (Å²) in [6.07, 6.45) is 4.79. The maximum Gasteiger partial charge on any atom is 0.242 e. The van der Waals surface area contributed by atoms with Gasteiger partial charge in [0.15, 0.2) is 5.96 Å². The highest BCUT2D eigenvalue weighted by molar-refractivity contribution is 7.89. The first kappa shape index (κ1) is 22.0. The van der Waals surface area contributed by atoms with Crippen LogP contribution in [-0.2, 0) is 10.0 Å². The van der Waals surface area contributed by atoms with Gasteiger partial charge < -0.3 is 15.5 Å². The number of benzene rings is 1. The standard InChI is InChI=1S/C20H27FN6O2S/c1-22-20(24-10-11-25-30(28,29)19-8-3-9-23-14-19)26-17-6-4-12-27(15-17)18-7-2-5-16(21)13-18/h2-3,5,7-9,13-14,17,25H,4,6,10-12,15H2,1H3,(H2,22,24,26). The molecule has 1 aromatic heterocycles. The molecule has 1 atom stereocenters. The predicted molar refractivity (Wildman–Crippen MR) is 116 cm³/mol.